The van der Waals surface area contributed by atoms with E-state index in [2.05, 4.69) is 0 Å². The molecule has 0 aromatic rings. The van der Waals surface area contributed by atoms with Gasteiger partial charge in [-0.05, 0) is 19.3 Å². The van der Waals surface area contributed by atoms with Crippen LogP contribution in [0.5, 0.6) is 0 Å². The molecule has 0 atom stereocenters. The van der Waals surface area contributed by atoms with E-state index in [4.69, 9.17) is 10.2 Å². The van der Waals surface area contributed by atoms with Crippen LogP contribution in [-0.2, 0) is 9.59 Å². The maximum absolute atomic E-state index is 10.4. The Morgan fingerprint density at radius 1 is 1.09 bits per heavy atom. The van der Waals surface area contributed by atoms with Crippen molar-refractivity contribution < 1.29 is 19.8 Å². The van der Waals surface area contributed by atoms with Gasteiger partial charge in [0.25, 0.3) is 0 Å². The first-order valence-electron chi connectivity index (χ1n) is 3.06. The molecule has 11 heavy (non-hydrogen) atoms. The largest absolute Gasteiger partial charge is 0.480 e. The van der Waals surface area contributed by atoms with E-state index in [0.29, 0.717) is 6.42 Å². The maximum atomic E-state index is 10.4. The SMILES string of the molecule is O=C(O)C1(C(=O)O)CCC1.[Na]. The number of carboxylic acid groups (broad SMARTS) is 2. The summed E-state index contributed by atoms with van der Waals surface area (Å²) < 4.78 is 0. The van der Waals surface area contributed by atoms with Crippen molar-refractivity contribution in [1.29, 1.82) is 0 Å². The van der Waals surface area contributed by atoms with E-state index in [1.165, 1.54) is 0 Å². The molecule has 1 saturated carbocycles. The van der Waals surface area contributed by atoms with Crippen LogP contribution in [0.15, 0.2) is 0 Å². The molecule has 2 N–H and O–H groups in total. The van der Waals surface area contributed by atoms with Crippen molar-refractivity contribution in [3.8, 4) is 0 Å². The Kier molecular flexibility index (Phi) is 3.54. The van der Waals surface area contributed by atoms with Crippen molar-refractivity contribution in [3.63, 3.8) is 0 Å². The monoisotopic (exact) mass is 167 g/mol. The van der Waals surface area contributed by atoms with Crippen LogP contribution in [0.2, 0.25) is 0 Å². The van der Waals surface area contributed by atoms with E-state index in [-0.39, 0.29) is 42.4 Å². The van der Waals surface area contributed by atoms with Gasteiger partial charge in [-0.3, -0.25) is 9.59 Å². The first kappa shape index (κ1) is 10.9. The van der Waals surface area contributed by atoms with E-state index >= 15 is 0 Å². The van der Waals surface area contributed by atoms with Gasteiger partial charge in [-0.1, -0.05) is 0 Å². The van der Waals surface area contributed by atoms with Crippen LogP contribution < -0.4 is 0 Å². The minimum Gasteiger partial charge on any atom is -0.480 e. The van der Waals surface area contributed by atoms with Gasteiger partial charge in [0.15, 0.2) is 5.41 Å². The Hall–Kier alpha value is -0.0600. The van der Waals surface area contributed by atoms with Gasteiger partial charge in [0.1, 0.15) is 0 Å². The number of carboxylic acids is 2. The van der Waals surface area contributed by atoms with Gasteiger partial charge in [-0.15, -0.1) is 0 Å². The molecule has 57 valence electrons. The molecule has 0 amide bonds. The van der Waals surface area contributed by atoms with Crippen LogP contribution in [-0.4, -0.2) is 51.7 Å². The Labute approximate surface area is 85.9 Å². The van der Waals surface area contributed by atoms with E-state index in [0.717, 1.165) is 0 Å². The summed E-state index contributed by atoms with van der Waals surface area (Å²) in [6.45, 7) is 0. The Morgan fingerprint density at radius 2 is 1.45 bits per heavy atom. The molecular weight excluding hydrogens is 159 g/mol. The third-order valence-electron chi connectivity index (χ3n) is 2.03. The van der Waals surface area contributed by atoms with E-state index in [1.807, 2.05) is 0 Å². The second kappa shape index (κ2) is 3.56. The van der Waals surface area contributed by atoms with Crippen molar-refractivity contribution in [2.24, 2.45) is 5.41 Å². The average Bonchev–Trinajstić information content (AvgIpc) is 1.57. The standard InChI is InChI=1S/C6H8O4.Na/c7-4(8)6(5(9)10)2-1-3-6;/h1-3H2,(H,7,8)(H,9,10);. The van der Waals surface area contributed by atoms with Crippen LogP contribution in [0.3, 0.4) is 0 Å². The van der Waals surface area contributed by atoms with Gasteiger partial charge in [0, 0.05) is 29.6 Å². The summed E-state index contributed by atoms with van der Waals surface area (Å²) in [6.07, 6.45) is 1.26. The number of hydrogen-bond acceptors (Lipinski definition) is 2. The molecule has 1 radical (unpaired) electrons. The molecule has 0 aromatic heterocycles. The van der Waals surface area contributed by atoms with Gasteiger partial charge in [-0.25, -0.2) is 0 Å². The van der Waals surface area contributed by atoms with Gasteiger partial charge in [-0.2, -0.15) is 0 Å². The maximum Gasteiger partial charge on any atom is 0.321 e. The van der Waals surface area contributed by atoms with Crippen LogP contribution in [0.4, 0.5) is 0 Å². The summed E-state index contributed by atoms with van der Waals surface area (Å²) in [5, 5.41) is 16.9. The van der Waals surface area contributed by atoms with E-state index < -0.39 is 17.4 Å². The quantitative estimate of drug-likeness (QED) is 0.446. The molecule has 0 saturated heterocycles. The molecule has 0 heterocycles. The number of hydrogen-bond donors (Lipinski definition) is 2. The van der Waals surface area contributed by atoms with Crippen LogP contribution >= 0.6 is 0 Å². The minimum atomic E-state index is -1.44. The predicted octanol–water partition coefficient (Wildman–Crippen LogP) is -0.0549. The first-order chi connectivity index (χ1) is 4.59. The second-order valence-corrected chi connectivity index (χ2v) is 2.55. The van der Waals surface area contributed by atoms with E-state index in [1.54, 1.807) is 0 Å². The van der Waals surface area contributed by atoms with Gasteiger partial charge < -0.3 is 10.2 Å². The van der Waals surface area contributed by atoms with Crippen molar-refractivity contribution in [1.82, 2.24) is 0 Å². The second-order valence-electron chi connectivity index (χ2n) is 2.55. The average molecular weight is 167 g/mol. The Morgan fingerprint density at radius 3 is 1.45 bits per heavy atom. The molecule has 1 fully saturated rings. The molecule has 1 aliphatic rings. The van der Waals surface area contributed by atoms with Gasteiger partial charge in [0.2, 0.25) is 0 Å². The fourth-order valence-corrected chi connectivity index (χ4v) is 1.05. The zero-order valence-electron chi connectivity index (χ0n) is 6.33. The molecule has 4 nitrogen and oxygen atoms in total. The van der Waals surface area contributed by atoms with Crippen molar-refractivity contribution in [2.75, 3.05) is 0 Å². The molecule has 0 unspecified atom stereocenters. The predicted molar refractivity (Wildman–Crippen MR) is 37.3 cm³/mol. The Bertz CT molecular complexity index is 169. The molecule has 5 heteroatoms. The van der Waals surface area contributed by atoms with Crippen LogP contribution in [0, 0.1) is 5.41 Å². The number of carbonyl (C=O) groups is 2. The minimum absolute atomic E-state index is 0. The van der Waals surface area contributed by atoms with Gasteiger partial charge >= 0.3 is 11.9 Å². The molecule has 1 aliphatic carbocycles. The summed E-state index contributed by atoms with van der Waals surface area (Å²) >= 11 is 0. The van der Waals surface area contributed by atoms with Crippen molar-refractivity contribution in [3.05, 3.63) is 0 Å². The van der Waals surface area contributed by atoms with E-state index in [9.17, 15) is 9.59 Å². The van der Waals surface area contributed by atoms with Crippen molar-refractivity contribution in [2.45, 2.75) is 19.3 Å². The third-order valence-corrected chi connectivity index (χ3v) is 2.03. The first-order valence-corrected chi connectivity index (χ1v) is 3.06. The zero-order valence-corrected chi connectivity index (χ0v) is 8.33. The summed E-state index contributed by atoms with van der Waals surface area (Å²) in [5.41, 5.74) is -1.44. The summed E-state index contributed by atoms with van der Waals surface area (Å²) in [6, 6.07) is 0. The molecule has 1 rings (SSSR count). The molecule has 0 spiro atoms. The normalized spacial score (nSPS) is 19.3. The molecular formula is C6H8NaO4. The molecule has 0 aromatic carbocycles. The summed E-state index contributed by atoms with van der Waals surface area (Å²) in [4.78, 5) is 20.7. The molecule has 0 aliphatic heterocycles. The number of rotatable bonds is 2. The fourth-order valence-electron chi connectivity index (χ4n) is 1.05. The number of aliphatic carboxylic acids is 2. The molecule has 0 bridgehead atoms. The fraction of sp³-hybridized carbons (Fsp3) is 0.667. The van der Waals surface area contributed by atoms with Gasteiger partial charge in [0.05, 0.1) is 0 Å². The van der Waals surface area contributed by atoms with Crippen molar-refractivity contribution >= 4 is 41.5 Å². The van der Waals surface area contributed by atoms with Crippen LogP contribution in [0.1, 0.15) is 19.3 Å². The topological polar surface area (TPSA) is 74.6 Å². The Balaban J connectivity index is 0.000001000. The smallest absolute Gasteiger partial charge is 0.321 e. The zero-order chi connectivity index (χ0) is 7.78. The summed E-state index contributed by atoms with van der Waals surface area (Å²) in [7, 11) is 0. The summed E-state index contributed by atoms with van der Waals surface area (Å²) in [5.74, 6) is -2.41. The third kappa shape index (κ3) is 1.58. The van der Waals surface area contributed by atoms with Crippen LogP contribution in [0.25, 0.3) is 0 Å².